The number of rotatable bonds is 2. The van der Waals surface area contributed by atoms with Gasteiger partial charge in [0.15, 0.2) is 11.5 Å². The summed E-state index contributed by atoms with van der Waals surface area (Å²) in [6.45, 7) is 0. The van der Waals surface area contributed by atoms with Crippen LogP contribution in [0.15, 0.2) is 52.9 Å². The molecule has 0 bridgehead atoms. The van der Waals surface area contributed by atoms with Gasteiger partial charge in [-0.05, 0) is 30.3 Å². The van der Waals surface area contributed by atoms with Gasteiger partial charge in [0.2, 0.25) is 0 Å². The Balaban J connectivity index is 2.13. The van der Waals surface area contributed by atoms with Crippen LogP contribution in [-0.2, 0) is 0 Å². The zero-order valence-corrected chi connectivity index (χ0v) is 10.8. The third-order valence-corrected chi connectivity index (χ3v) is 3.11. The number of hydrogen-bond acceptors (Lipinski definition) is 3. The van der Waals surface area contributed by atoms with Gasteiger partial charge in [0, 0.05) is 12.1 Å². The first-order chi connectivity index (χ1) is 9.67. The molecule has 4 nitrogen and oxygen atoms in total. The van der Waals surface area contributed by atoms with Crippen molar-refractivity contribution < 1.29 is 19.4 Å². The molecule has 0 unspecified atom stereocenters. The van der Waals surface area contributed by atoms with E-state index in [-0.39, 0.29) is 11.5 Å². The third kappa shape index (κ3) is 2.12. The van der Waals surface area contributed by atoms with Crippen molar-refractivity contribution in [3.63, 3.8) is 0 Å². The quantitative estimate of drug-likeness (QED) is 0.548. The highest BCUT2D eigenvalue weighted by Crippen LogP contribution is 2.32. The summed E-state index contributed by atoms with van der Waals surface area (Å²) >= 11 is 0. The lowest BCUT2D eigenvalue weighted by Crippen LogP contribution is -1.83. The average Bonchev–Trinajstić information content (AvgIpc) is 2.49. The molecule has 0 aliphatic carbocycles. The molecule has 0 radical (unpaired) electrons. The molecule has 4 heteroatoms. The van der Waals surface area contributed by atoms with Crippen LogP contribution in [0.2, 0.25) is 0 Å². The number of benzene rings is 2. The van der Waals surface area contributed by atoms with Gasteiger partial charge in [-0.25, -0.2) is 4.42 Å². The van der Waals surface area contributed by atoms with Crippen LogP contribution in [0, 0.1) is 0 Å². The molecule has 0 fully saturated rings. The van der Waals surface area contributed by atoms with Crippen molar-refractivity contribution >= 4 is 11.0 Å². The Labute approximate surface area is 115 Å². The number of phenolic OH excluding ortho intramolecular Hbond substituents is 2. The molecule has 20 heavy (non-hydrogen) atoms. The summed E-state index contributed by atoms with van der Waals surface area (Å²) in [5.41, 5.74) is 1.37. The number of fused-ring (bicyclic) bond motifs is 1. The van der Waals surface area contributed by atoms with E-state index in [1.54, 1.807) is 19.2 Å². The van der Waals surface area contributed by atoms with Gasteiger partial charge in [0.25, 0.3) is 0 Å². The fraction of sp³-hybridized carbons (Fsp3) is 0.0625. The van der Waals surface area contributed by atoms with E-state index in [0.29, 0.717) is 22.7 Å². The molecule has 0 saturated heterocycles. The number of hydrogen-bond donors (Lipinski definition) is 2. The summed E-state index contributed by atoms with van der Waals surface area (Å²) in [4.78, 5) is 0. The summed E-state index contributed by atoms with van der Waals surface area (Å²) in [5.74, 6) is 0.979. The predicted molar refractivity (Wildman–Crippen MR) is 75.9 cm³/mol. The van der Waals surface area contributed by atoms with Gasteiger partial charge in [-0.1, -0.05) is 0 Å². The molecule has 0 spiro atoms. The Bertz CT molecular complexity index is 781. The van der Waals surface area contributed by atoms with Crippen molar-refractivity contribution in [3.05, 3.63) is 48.5 Å². The largest absolute Gasteiger partial charge is 0.504 e. The molecule has 2 aromatic carbocycles. The smallest absolute Gasteiger partial charge is 0.364 e. The number of aromatic hydroxyl groups is 2. The molecular weight excluding hydrogens is 256 g/mol. The standard InChI is InChI=1S/C16H12O4/c1-19-12-5-2-10-4-7-15(20-16(10)9-12)11-3-6-13(17)14(18)8-11/h2-9H,1H3,(H-,17,18)/p+1. The van der Waals surface area contributed by atoms with Gasteiger partial charge < -0.3 is 14.9 Å². The number of ether oxygens (including phenoxy) is 1. The zero-order valence-electron chi connectivity index (χ0n) is 10.8. The molecule has 2 N–H and O–H groups in total. The van der Waals surface area contributed by atoms with Gasteiger partial charge in [-0.3, -0.25) is 0 Å². The van der Waals surface area contributed by atoms with Gasteiger partial charge >= 0.3 is 11.3 Å². The minimum atomic E-state index is -0.177. The summed E-state index contributed by atoms with van der Waals surface area (Å²) in [5, 5.41) is 19.8. The third-order valence-electron chi connectivity index (χ3n) is 3.11. The average molecular weight is 269 g/mol. The monoisotopic (exact) mass is 269 g/mol. The van der Waals surface area contributed by atoms with Gasteiger partial charge in [0.1, 0.15) is 5.75 Å². The van der Waals surface area contributed by atoms with Gasteiger partial charge in [0.05, 0.1) is 24.1 Å². The Morgan fingerprint density at radius 3 is 2.45 bits per heavy atom. The first-order valence-corrected chi connectivity index (χ1v) is 6.10. The normalized spacial score (nSPS) is 10.7. The predicted octanol–water partition coefficient (Wildman–Crippen LogP) is 3.80. The highest BCUT2D eigenvalue weighted by Gasteiger charge is 2.16. The molecule has 0 saturated carbocycles. The number of methoxy groups -OCH3 is 1. The van der Waals surface area contributed by atoms with E-state index < -0.39 is 0 Å². The molecule has 3 aromatic rings. The Kier molecular flexibility index (Phi) is 2.91. The van der Waals surface area contributed by atoms with Gasteiger partial charge in [-0.2, -0.15) is 0 Å². The Morgan fingerprint density at radius 2 is 1.70 bits per heavy atom. The van der Waals surface area contributed by atoms with Crippen LogP contribution in [-0.4, -0.2) is 17.3 Å². The van der Waals surface area contributed by atoms with E-state index in [0.717, 1.165) is 5.39 Å². The van der Waals surface area contributed by atoms with Crippen molar-refractivity contribution in [2.24, 2.45) is 0 Å². The lowest BCUT2D eigenvalue weighted by molar-refractivity contribution is 0.404. The number of phenols is 2. The first kappa shape index (κ1) is 12.3. The zero-order chi connectivity index (χ0) is 14.1. The molecule has 3 rings (SSSR count). The van der Waals surface area contributed by atoms with E-state index in [4.69, 9.17) is 9.15 Å². The molecule has 0 aliphatic heterocycles. The summed E-state index contributed by atoms with van der Waals surface area (Å²) in [6, 6.07) is 13.9. The van der Waals surface area contributed by atoms with Crippen molar-refractivity contribution in [2.75, 3.05) is 7.11 Å². The van der Waals surface area contributed by atoms with Crippen LogP contribution < -0.4 is 4.74 Å². The summed E-state index contributed by atoms with van der Waals surface area (Å²) < 4.78 is 11.0. The van der Waals surface area contributed by atoms with E-state index in [1.807, 2.05) is 24.3 Å². The topological polar surface area (TPSA) is 61.0 Å². The summed E-state index contributed by atoms with van der Waals surface area (Å²) in [6.07, 6.45) is 0. The lowest BCUT2D eigenvalue weighted by atomic mass is 10.1. The molecular formula is C16H13O4+. The molecule has 0 atom stereocenters. The van der Waals surface area contributed by atoms with Crippen molar-refractivity contribution in [1.82, 2.24) is 0 Å². The minimum absolute atomic E-state index is 0.156. The Hall–Kier alpha value is -2.75. The molecule has 1 aromatic heterocycles. The van der Waals surface area contributed by atoms with Gasteiger partial charge in [-0.15, -0.1) is 0 Å². The summed E-state index contributed by atoms with van der Waals surface area (Å²) in [7, 11) is 1.60. The minimum Gasteiger partial charge on any atom is -0.504 e. The fourth-order valence-corrected chi connectivity index (χ4v) is 2.02. The maximum Gasteiger partial charge on any atom is 0.364 e. The second-order valence-corrected chi connectivity index (χ2v) is 4.41. The molecule has 0 aliphatic rings. The van der Waals surface area contributed by atoms with Crippen LogP contribution in [0.5, 0.6) is 17.2 Å². The molecule has 1 heterocycles. The highest BCUT2D eigenvalue weighted by molar-refractivity contribution is 5.80. The van der Waals surface area contributed by atoms with Crippen LogP contribution in [0.4, 0.5) is 0 Å². The lowest BCUT2D eigenvalue weighted by Gasteiger charge is -1.99. The maximum atomic E-state index is 9.55. The Morgan fingerprint density at radius 1 is 0.900 bits per heavy atom. The van der Waals surface area contributed by atoms with E-state index in [1.165, 1.54) is 12.1 Å². The van der Waals surface area contributed by atoms with E-state index in [9.17, 15) is 10.2 Å². The fourth-order valence-electron chi connectivity index (χ4n) is 2.02. The second kappa shape index (κ2) is 4.74. The first-order valence-electron chi connectivity index (χ1n) is 6.10. The van der Waals surface area contributed by atoms with Crippen molar-refractivity contribution in [1.29, 1.82) is 0 Å². The second-order valence-electron chi connectivity index (χ2n) is 4.41. The molecule has 0 amide bonds. The SMILES string of the molecule is COc1ccc2ccc(-c3ccc(O)c(O)c3)[o+]c2c1. The maximum absolute atomic E-state index is 9.55. The van der Waals surface area contributed by atoms with Crippen LogP contribution in [0.25, 0.3) is 22.3 Å². The van der Waals surface area contributed by atoms with E-state index in [2.05, 4.69) is 0 Å². The van der Waals surface area contributed by atoms with Crippen LogP contribution >= 0.6 is 0 Å². The van der Waals surface area contributed by atoms with Crippen molar-refractivity contribution in [2.45, 2.75) is 0 Å². The molecule has 100 valence electrons. The van der Waals surface area contributed by atoms with Crippen LogP contribution in [0.3, 0.4) is 0 Å². The van der Waals surface area contributed by atoms with Crippen molar-refractivity contribution in [3.8, 4) is 28.6 Å². The van der Waals surface area contributed by atoms with Crippen LogP contribution in [0.1, 0.15) is 0 Å². The van der Waals surface area contributed by atoms with E-state index >= 15 is 0 Å². The highest BCUT2D eigenvalue weighted by atomic mass is 16.5.